The first-order chi connectivity index (χ1) is 14.3. The first-order valence-corrected chi connectivity index (χ1v) is 8.71. The number of ether oxygens (including phenoxy) is 5. The summed E-state index contributed by atoms with van der Waals surface area (Å²) in [5, 5.41) is 10.4. The molecule has 0 unspecified atom stereocenters. The van der Waals surface area contributed by atoms with Gasteiger partial charge in [-0.15, -0.1) is 0 Å². The number of phenolic OH excluding ortho intramolecular Hbond substituents is 1. The Hall–Kier alpha value is -3.88. The second-order valence-corrected chi connectivity index (χ2v) is 6.12. The van der Waals surface area contributed by atoms with E-state index in [2.05, 4.69) is 0 Å². The van der Waals surface area contributed by atoms with Gasteiger partial charge in [0, 0.05) is 24.6 Å². The van der Waals surface area contributed by atoms with Crippen molar-refractivity contribution in [3.63, 3.8) is 0 Å². The Labute approximate surface area is 171 Å². The zero-order valence-corrected chi connectivity index (χ0v) is 17.0. The Bertz CT molecular complexity index is 1180. The highest BCUT2D eigenvalue weighted by Crippen LogP contribution is 2.43. The lowest BCUT2D eigenvalue weighted by atomic mass is 10.1. The standard InChI is InChI=1S/C21H20O9/c1-10(22)29-21-18(24)17-14(26-3)8-12(25-2)9-15(17)30-19(21)11-6-13(23)20(28-5)16(7-11)27-4/h6-9,23H,1-5H3. The number of rotatable bonds is 6. The molecule has 1 aromatic heterocycles. The highest BCUT2D eigenvalue weighted by atomic mass is 16.5. The normalized spacial score (nSPS) is 10.6. The van der Waals surface area contributed by atoms with Gasteiger partial charge in [-0.2, -0.15) is 0 Å². The predicted molar refractivity (Wildman–Crippen MR) is 107 cm³/mol. The van der Waals surface area contributed by atoms with E-state index in [0.717, 1.165) is 6.92 Å². The lowest BCUT2D eigenvalue weighted by Crippen LogP contribution is -2.14. The average molecular weight is 416 g/mol. The molecule has 1 heterocycles. The van der Waals surface area contributed by atoms with Crippen molar-refractivity contribution in [1.82, 2.24) is 0 Å². The number of hydrogen-bond acceptors (Lipinski definition) is 9. The van der Waals surface area contributed by atoms with E-state index in [1.165, 1.54) is 52.7 Å². The van der Waals surface area contributed by atoms with Gasteiger partial charge in [-0.3, -0.25) is 9.59 Å². The van der Waals surface area contributed by atoms with Crippen molar-refractivity contribution >= 4 is 16.9 Å². The minimum Gasteiger partial charge on any atom is -0.504 e. The highest BCUT2D eigenvalue weighted by Gasteiger charge is 2.24. The molecule has 0 aliphatic carbocycles. The first-order valence-electron chi connectivity index (χ1n) is 8.71. The second-order valence-electron chi connectivity index (χ2n) is 6.12. The monoisotopic (exact) mass is 416 g/mol. The molecular weight excluding hydrogens is 396 g/mol. The number of hydrogen-bond donors (Lipinski definition) is 1. The summed E-state index contributed by atoms with van der Waals surface area (Å²) < 4.78 is 32.0. The first kappa shape index (κ1) is 20.8. The number of phenols is 1. The van der Waals surface area contributed by atoms with Crippen molar-refractivity contribution in [2.75, 3.05) is 28.4 Å². The lowest BCUT2D eigenvalue weighted by molar-refractivity contribution is -0.132. The second kappa shape index (κ2) is 8.24. The van der Waals surface area contributed by atoms with E-state index in [0.29, 0.717) is 5.75 Å². The molecule has 0 spiro atoms. The largest absolute Gasteiger partial charge is 0.504 e. The minimum atomic E-state index is -0.722. The SMILES string of the molecule is COc1cc(OC)c2c(=O)c(OC(C)=O)c(-c3cc(O)c(OC)c(OC)c3)oc2c1. The van der Waals surface area contributed by atoms with Gasteiger partial charge in [-0.25, -0.2) is 0 Å². The number of benzene rings is 2. The topological polar surface area (TPSA) is 114 Å². The summed E-state index contributed by atoms with van der Waals surface area (Å²) in [6.45, 7) is 1.16. The molecule has 0 bridgehead atoms. The van der Waals surface area contributed by atoms with Crippen molar-refractivity contribution in [3.05, 3.63) is 34.5 Å². The van der Waals surface area contributed by atoms with Crippen LogP contribution in [0.3, 0.4) is 0 Å². The van der Waals surface area contributed by atoms with Crippen molar-refractivity contribution in [1.29, 1.82) is 0 Å². The van der Waals surface area contributed by atoms with Crippen LogP contribution in [0, 0.1) is 0 Å². The molecule has 9 nitrogen and oxygen atoms in total. The van der Waals surface area contributed by atoms with E-state index in [-0.39, 0.29) is 51.0 Å². The van der Waals surface area contributed by atoms with E-state index in [1.807, 2.05) is 0 Å². The summed E-state index contributed by atoms with van der Waals surface area (Å²) in [6.07, 6.45) is 0. The smallest absolute Gasteiger partial charge is 0.308 e. The molecule has 0 fully saturated rings. The van der Waals surface area contributed by atoms with Gasteiger partial charge in [0.2, 0.25) is 16.9 Å². The number of carbonyl (C=O) groups is 1. The van der Waals surface area contributed by atoms with Gasteiger partial charge in [0.15, 0.2) is 17.3 Å². The molecular formula is C21H20O9. The zero-order chi connectivity index (χ0) is 22.0. The average Bonchev–Trinajstić information content (AvgIpc) is 2.73. The zero-order valence-electron chi connectivity index (χ0n) is 17.0. The van der Waals surface area contributed by atoms with Crippen molar-refractivity contribution in [3.8, 4) is 45.8 Å². The molecule has 0 atom stereocenters. The Kier molecular flexibility index (Phi) is 5.72. The maximum absolute atomic E-state index is 13.2. The number of aromatic hydroxyl groups is 1. The fourth-order valence-corrected chi connectivity index (χ4v) is 3.02. The summed E-state index contributed by atoms with van der Waals surface area (Å²) in [6, 6.07) is 5.79. The molecule has 0 radical (unpaired) electrons. The molecule has 30 heavy (non-hydrogen) atoms. The molecule has 0 saturated heterocycles. The molecule has 9 heteroatoms. The fourth-order valence-electron chi connectivity index (χ4n) is 3.02. The van der Waals surface area contributed by atoms with Crippen LogP contribution in [-0.2, 0) is 4.79 Å². The van der Waals surface area contributed by atoms with E-state index in [4.69, 9.17) is 28.1 Å². The Balaban J connectivity index is 2.42. The molecule has 1 N–H and O–H groups in total. The van der Waals surface area contributed by atoms with E-state index in [9.17, 15) is 14.7 Å². The summed E-state index contributed by atoms with van der Waals surface area (Å²) in [5.74, 6) is -0.558. The van der Waals surface area contributed by atoms with E-state index < -0.39 is 11.4 Å². The van der Waals surface area contributed by atoms with Crippen molar-refractivity contribution in [2.45, 2.75) is 6.92 Å². The summed E-state index contributed by atoms with van der Waals surface area (Å²) in [5.41, 5.74) is -0.270. The van der Waals surface area contributed by atoms with Crippen LogP contribution in [0.2, 0.25) is 0 Å². The minimum absolute atomic E-state index is 0.0722. The van der Waals surface area contributed by atoms with E-state index in [1.54, 1.807) is 0 Å². The van der Waals surface area contributed by atoms with Crippen LogP contribution in [-0.4, -0.2) is 39.5 Å². The number of methoxy groups -OCH3 is 4. The summed E-state index contributed by atoms with van der Waals surface area (Å²) in [4.78, 5) is 24.9. The van der Waals surface area contributed by atoms with Gasteiger partial charge in [0.1, 0.15) is 22.5 Å². The molecule has 3 rings (SSSR count). The van der Waals surface area contributed by atoms with E-state index >= 15 is 0 Å². The van der Waals surface area contributed by atoms with Gasteiger partial charge in [-0.1, -0.05) is 0 Å². The van der Waals surface area contributed by atoms with Crippen LogP contribution in [0.4, 0.5) is 0 Å². The van der Waals surface area contributed by atoms with Gasteiger partial charge >= 0.3 is 5.97 Å². The number of fused-ring (bicyclic) bond motifs is 1. The fraction of sp³-hybridized carbons (Fsp3) is 0.238. The predicted octanol–water partition coefficient (Wildman–Crippen LogP) is 3.13. The van der Waals surface area contributed by atoms with Crippen LogP contribution in [0.15, 0.2) is 33.5 Å². The van der Waals surface area contributed by atoms with Gasteiger partial charge in [-0.05, 0) is 12.1 Å². The van der Waals surface area contributed by atoms with Gasteiger partial charge in [0.05, 0.1) is 28.4 Å². The lowest BCUT2D eigenvalue weighted by Gasteiger charge is -2.15. The molecule has 0 aliphatic heterocycles. The third kappa shape index (κ3) is 3.57. The van der Waals surface area contributed by atoms with Crippen molar-refractivity contribution in [2.24, 2.45) is 0 Å². The number of esters is 1. The molecule has 0 saturated carbocycles. The van der Waals surface area contributed by atoms with Crippen LogP contribution in [0.25, 0.3) is 22.3 Å². The molecule has 158 valence electrons. The molecule has 2 aromatic carbocycles. The molecule has 0 aliphatic rings. The Morgan fingerprint density at radius 2 is 1.60 bits per heavy atom. The summed E-state index contributed by atoms with van der Waals surface area (Å²) in [7, 11) is 5.61. The van der Waals surface area contributed by atoms with Crippen LogP contribution < -0.4 is 29.1 Å². The van der Waals surface area contributed by atoms with Crippen molar-refractivity contribution < 1.29 is 38.0 Å². The Morgan fingerprint density at radius 1 is 0.900 bits per heavy atom. The molecule has 0 amide bonds. The maximum Gasteiger partial charge on any atom is 0.308 e. The van der Waals surface area contributed by atoms with Gasteiger partial charge in [0.25, 0.3) is 0 Å². The third-order valence-electron chi connectivity index (χ3n) is 4.31. The quantitative estimate of drug-likeness (QED) is 0.605. The maximum atomic E-state index is 13.2. The third-order valence-corrected chi connectivity index (χ3v) is 4.31. The van der Waals surface area contributed by atoms with Crippen LogP contribution >= 0.6 is 0 Å². The van der Waals surface area contributed by atoms with Gasteiger partial charge < -0.3 is 33.2 Å². The highest BCUT2D eigenvalue weighted by molar-refractivity contribution is 5.90. The Morgan fingerprint density at radius 3 is 2.17 bits per heavy atom. The van der Waals surface area contributed by atoms with Crippen LogP contribution in [0.5, 0.6) is 34.5 Å². The number of carbonyl (C=O) groups excluding carboxylic acids is 1. The van der Waals surface area contributed by atoms with Crippen LogP contribution in [0.1, 0.15) is 6.92 Å². The summed E-state index contributed by atoms with van der Waals surface area (Å²) >= 11 is 0. The molecule has 3 aromatic rings.